The number of halogens is 2. The Bertz CT molecular complexity index is 1070. The number of methoxy groups -OCH3 is 1. The summed E-state index contributed by atoms with van der Waals surface area (Å²) in [6.07, 6.45) is 2.57. The van der Waals surface area contributed by atoms with E-state index >= 15 is 0 Å². The number of aromatic nitrogens is 2. The van der Waals surface area contributed by atoms with Crippen LogP contribution in [0.2, 0.25) is 0 Å². The largest absolute Gasteiger partial charge is 0.438 e. The van der Waals surface area contributed by atoms with Gasteiger partial charge < -0.3 is 14.6 Å². The molecule has 2 aromatic carbocycles. The highest BCUT2D eigenvalue weighted by Crippen LogP contribution is 2.32. The first-order chi connectivity index (χ1) is 16.4. The van der Waals surface area contributed by atoms with Gasteiger partial charge in [0.1, 0.15) is 17.4 Å². The Labute approximate surface area is 199 Å². The molecule has 0 saturated carbocycles. The summed E-state index contributed by atoms with van der Waals surface area (Å²) in [4.78, 5) is 2.06. The maximum Gasteiger partial charge on any atom is 0.227 e. The predicted octanol–water partition coefficient (Wildman–Crippen LogP) is 5.03. The van der Waals surface area contributed by atoms with Crippen molar-refractivity contribution >= 4 is 0 Å². The van der Waals surface area contributed by atoms with Crippen LogP contribution in [0.1, 0.15) is 24.1 Å². The minimum absolute atomic E-state index is 0.318. The molecule has 1 aromatic heterocycles. The second kappa shape index (κ2) is 12.4. The highest BCUT2D eigenvalue weighted by Gasteiger charge is 2.22. The van der Waals surface area contributed by atoms with Crippen molar-refractivity contribution in [2.24, 2.45) is 0 Å². The molecule has 3 rings (SSSR count). The van der Waals surface area contributed by atoms with Crippen molar-refractivity contribution in [2.45, 2.75) is 32.4 Å². The molecule has 0 aliphatic heterocycles. The van der Waals surface area contributed by atoms with E-state index in [0.717, 1.165) is 12.0 Å². The van der Waals surface area contributed by atoms with Gasteiger partial charge in [0.15, 0.2) is 0 Å². The summed E-state index contributed by atoms with van der Waals surface area (Å²) in [5, 5.41) is 15.1. The summed E-state index contributed by atoms with van der Waals surface area (Å²) in [6.45, 7) is 7.49. The smallest absolute Gasteiger partial charge is 0.227 e. The lowest BCUT2D eigenvalue weighted by Gasteiger charge is -2.25. The SMILES string of the molecule is C=CCC[C@H](O)CN(CCOC)Cc1c(C)nn(-c2ccc(F)cc2)c1Oc1cccc(F)c1. The molecule has 6 nitrogen and oxygen atoms in total. The van der Waals surface area contributed by atoms with Crippen LogP contribution < -0.4 is 4.74 Å². The molecule has 34 heavy (non-hydrogen) atoms. The molecule has 0 bridgehead atoms. The fourth-order valence-corrected chi connectivity index (χ4v) is 3.60. The lowest BCUT2D eigenvalue weighted by atomic mass is 10.1. The highest BCUT2D eigenvalue weighted by molar-refractivity contribution is 5.43. The Morgan fingerprint density at radius 1 is 1.18 bits per heavy atom. The summed E-state index contributed by atoms with van der Waals surface area (Å²) >= 11 is 0. The molecule has 1 heterocycles. The maximum atomic E-state index is 13.8. The molecule has 182 valence electrons. The average molecular weight is 472 g/mol. The standard InChI is InChI=1S/C26H31F2N3O3/c1-4-5-8-23(32)17-30(14-15-33-3)18-25-19(2)29-31(22-12-10-20(27)11-13-22)26(25)34-24-9-6-7-21(28)16-24/h4,6-7,9-13,16,23,32H,1,5,8,14-15,17-18H2,2-3H3/t23-/m0/s1. The number of ether oxygens (including phenoxy) is 2. The number of allylic oxidation sites excluding steroid dienone is 1. The zero-order chi connectivity index (χ0) is 24.5. The van der Waals surface area contributed by atoms with E-state index in [2.05, 4.69) is 16.6 Å². The Morgan fingerprint density at radius 2 is 1.94 bits per heavy atom. The Balaban J connectivity index is 1.98. The topological polar surface area (TPSA) is 59.8 Å². The lowest BCUT2D eigenvalue weighted by Crippen LogP contribution is -2.34. The maximum absolute atomic E-state index is 13.8. The van der Waals surface area contributed by atoms with Gasteiger partial charge in [0.05, 0.1) is 29.7 Å². The number of hydrogen-bond acceptors (Lipinski definition) is 5. The molecular formula is C26H31F2N3O3. The van der Waals surface area contributed by atoms with Crippen molar-refractivity contribution in [3.05, 3.63) is 84.1 Å². The van der Waals surface area contributed by atoms with E-state index in [1.54, 1.807) is 42.1 Å². The van der Waals surface area contributed by atoms with E-state index < -0.39 is 11.9 Å². The van der Waals surface area contributed by atoms with E-state index in [-0.39, 0.29) is 5.82 Å². The molecule has 0 amide bonds. The highest BCUT2D eigenvalue weighted by atomic mass is 19.1. The molecule has 0 spiro atoms. The molecule has 1 N–H and O–H groups in total. The van der Waals surface area contributed by atoms with Crippen LogP contribution in [0.15, 0.2) is 61.2 Å². The summed E-state index contributed by atoms with van der Waals surface area (Å²) in [7, 11) is 1.63. The Kier molecular flexibility index (Phi) is 9.33. The number of rotatable bonds is 13. The summed E-state index contributed by atoms with van der Waals surface area (Å²) in [5.74, 6) is -0.0629. The number of benzene rings is 2. The number of aliphatic hydroxyl groups excluding tert-OH is 1. The quantitative estimate of drug-likeness (QED) is 0.355. The fourth-order valence-electron chi connectivity index (χ4n) is 3.60. The summed E-state index contributed by atoms with van der Waals surface area (Å²) in [5.41, 5.74) is 2.09. The fraction of sp³-hybridized carbons (Fsp3) is 0.346. The molecule has 8 heteroatoms. The number of aliphatic hydroxyl groups is 1. The van der Waals surface area contributed by atoms with Gasteiger partial charge in [0.25, 0.3) is 0 Å². The van der Waals surface area contributed by atoms with Gasteiger partial charge in [0.2, 0.25) is 5.88 Å². The van der Waals surface area contributed by atoms with E-state index in [9.17, 15) is 13.9 Å². The Morgan fingerprint density at radius 3 is 2.62 bits per heavy atom. The van der Waals surface area contributed by atoms with E-state index in [4.69, 9.17) is 9.47 Å². The van der Waals surface area contributed by atoms with Gasteiger partial charge >= 0.3 is 0 Å². The van der Waals surface area contributed by atoms with Crippen molar-refractivity contribution in [2.75, 3.05) is 26.8 Å². The first-order valence-electron chi connectivity index (χ1n) is 11.2. The first kappa shape index (κ1) is 25.6. The molecule has 0 radical (unpaired) electrons. The monoisotopic (exact) mass is 471 g/mol. The van der Waals surface area contributed by atoms with Crippen molar-refractivity contribution in [3.63, 3.8) is 0 Å². The molecule has 1 atom stereocenters. The third-order valence-electron chi connectivity index (χ3n) is 5.39. The van der Waals surface area contributed by atoms with Gasteiger partial charge in [0, 0.05) is 32.8 Å². The van der Waals surface area contributed by atoms with Crippen molar-refractivity contribution in [1.29, 1.82) is 0 Å². The molecule has 3 aromatic rings. The minimum Gasteiger partial charge on any atom is -0.438 e. The van der Waals surface area contributed by atoms with Gasteiger partial charge in [-0.05, 0) is 56.2 Å². The summed E-state index contributed by atoms with van der Waals surface area (Å²) < 4.78 is 40.3. The third-order valence-corrected chi connectivity index (χ3v) is 5.39. The second-order valence-corrected chi connectivity index (χ2v) is 8.06. The van der Waals surface area contributed by atoms with Gasteiger partial charge in [-0.15, -0.1) is 6.58 Å². The predicted molar refractivity (Wildman–Crippen MR) is 127 cm³/mol. The van der Waals surface area contributed by atoms with Crippen LogP contribution >= 0.6 is 0 Å². The van der Waals surface area contributed by atoms with Crippen molar-refractivity contribution in [1.82, 2.24) is 14.7 Å². The number of nitrogens with zero attached hydrogens (tertiary/aromatic N) is 3. The van der Waals surface area contributed by atoms with Crippen LogP contribution in [-0.4, -0.2) is 52.7 Å². The zero-order valence-electron chi connectivity index (χ0n) is 19.6. The van der Waals surface area contributed by atoms with E-state index in [1.807, 2.05) is 6.92 Å². The van der Waals surface area contributed by atoms with Crippen LogP contribution in [-0.2, 0) is 11.3 Å². The second-order valence-electron chi connectivity index (χ2n) is 8.06. The van der Waals surface area contributed by atoms with Gasteiger partial charge in [-0.2, -0.15) is 5.10 Å². The van der Waals surface area contributed by atoms with E-state index in [1.165, 1.54) is 24.3 Å². The number of aryl methyl sites for hydroxylation is 1. The molecule has 0 unspecified atom stereocenters. The van der Waals surface area contributed by atoms with Crippen molar-refractivity contribution < 1.29 is 23.4 Å². The molecular weight excluding hydrogens is 440 g/mol. The summed E-state index contributed by atoms with van der Waals surface area (Å²) in [6, 6.07) is 11.8. The molecule has 0 aliphatic rings. The normalized spacial score (nSPS) is 12.2. The van der Waals surface area contributed by atoms with Crippen LogP contribution in [0.3, 0.4) is 0 Å². The lowest BCUT2D eigenvalue weighted by molar-refractivity contribution is 0.0804. The first-order valence-corrected chi connectivity index (χ1v) is 11.2. The van der Waals surface area contributed by atoms with Gasteiger partial charge in [-0.25, -0.2) is 13.5 Å². The molecule has 0 saturated heterocycles. The van der Waals surface area contributed by atoms with E-state index in [0.29, 0.717) is 55.7 Å². The van der Waals surface area contributed by atoms with Crippen LogP contribution in [0.4, 0.5) is 8.78 Å². The third kappa shape index (κ3) is 6.96. The van der Waals surface area contributed by atoms with Gasteiger partial charge in [-0.3, -0.25) is 4.90 Å². The molecule has 0 fully saturated rings. The van der Waals surface area contributed by atoms with Crippen LogP contribution in [0, 0.1) is 18.6 Å². The van der Waals surface area contributed by atoms with Crippen LogP contribution in [0.25, 0.3) is 5.69 Å². The van der Waals surface area contributed by atoms with Gasteiger partial charge in [-0.1, -0.05) is 12.1 Å². The molecule has 0 aliphatic carbocycles. The average Bonchev–Trinajstić information content (AvgIpc) is 3.11. The minimum atomic E-state index is -0.533. The zero-order valence-corrected chi connectivity index (χ0v) is 19.6. The van der Waals surface area contributed by atoms with Crippen LogP contribution in [0.5, 0.6) is 11.6 Å². The number of hydrogen-bond donors (Lipinski definition) is 1. The van der Waals surface area contributed by atoms with Crippen molar-refractivity contribution in [3.8, 4) is 17.3 Å². The Hall–Kier alpha value is -3.07.